The molecule has 0 spiro atoms. The molecule has 5 heteroatoms. The van der Waals surface area contributed by atoms with Gasteiger partial charge in [0.05, 0.1) is 5.52 Å². The Labute approximate surface area is 146 Å². The Morgan fingerprint density at radius 1 is 0.917 bits per heavy atom. The quantitative estimate of drug-likeness (QED) is 0.730. The molecule has 3 heterocycles. The van der Waals surface area contributed by atoms with Crippen LogP contribution >= 0.6 is 11.6 Å². The van der Waals surface area contributed by atoms with Crippen molar-refractivity contribution in [2.45, 2.75) is 6.54 Å². The lowest BCUT2D eigenvalue weighted by atomic mass is 10.1. The molecule has 4 rings (SSSR count). The molecule has 24 heavy (non-hydrogen) atoms. The average molecular weight is 339 g/mol. The number of hydrogen-bond donors (Lipinski definition) is 0. The number of benzene rings is 1. The van der Waals surface area contributed by atoms with Gasteiger partial charge >= 0.3 is 0 Å². The highest BCUT2D eigenvalue weighted by atomic mass is 35.5. The van der Waals surface area contributed by atoms with E-state index in [1.165, 1.54) is 16.6 Å². The molecule has 0 N–H and O–H groups in total. The maximum Gasteiger partial charge on any atom is 0.0737 e. The van der Waals surface area contributed by atoms with E-state index in [2.05, 4.69) is 44.0 Å². The van der Waals surface area contributed by atoms with Crippen LogP contribution in [0.1, 0.15) is 5.56 Å². The van der Waals surface area contributed by atoms with Crippen molar-refractivity contribution in [3.8, 4) is 0 Å². The molecule has 1 saturated heterocycles. The minimum atomic E-state index is 0.731. The van der Waals surface area contributed by atoms with Gasteiger partial charge < -0.3 is 4.90 Å². The van der Waals surface area contributed by atoms with Gasteiger partial charge in [0.25, 0.3) is 0 Å². The van der Waals surface area contributed by atoms with Crippen molar-refractivity contribution in [3.05, 3.63) is 65.6 Å². The fraction of sp³-hybridized carbons (Fsp3) is 0.263. The smallest absolute Gasteiger partial charge is 0.0737 e. The molecule has 4 nitrogen and oxygen atoms in total. The lowest BCUT2D eigenvalue weighted by Crippen LogP contribution is -2.46. The van der Waals surface area contributed by atoms with Crippen LogP contribution in [0.5, 0.6) is 0 Å². The first-order valence-corrected chi connectivity index (χ1v) is 8.58. The maximum absolute atomic E-state index is 6.09. The predicted octanol–water partition coefficient (Wildman–Crippen LogP) is 3.61. The molecule has 0 saturated carbocycles. The monoisotopic (exact) mass is 338 g/mol. The first kappa shape index (κ1) is 15.4. The highest BCUT2D eigenvalue weighted by Crippen LogP contribution is 2.28. The molecule has 0 atom stereocenters. The first-order chi connectivity index (χ1) is 11.8. The van der Waals surface area contributed by atoms with Gasteiger partial charge in [-0.3, -0.25) is 14.9 Å². The Hall–Kier alpha value is -2.17. The molecule has 1 aliphatic heterocycles. The Bertz CT molecular complexity index is 829. The maximum atomic E-state index is 6.09. The zero-order valence-electron chi connectivity index (χ0n) is 13.4. The summed E-state index contributed by atoms with van der Waals surface area (Å²) in [5, 5.41) is 1.90. The van der Waals surface area contributed by atoms with Crippen molar-refractivity contribution >= 4 is 28.2 Å². The van der Waals surface area contributed by atoms with Crippen LogP contribution in [0.15, 0.2) is 55.0 Å². The highest BCUT2D eigenvalue weighted by Gasteiger charge is 2.19. The second-order valence-corrected chi connectivity index (χ2v) is 6.55. The molecule has 0 unspecified atom stereocenters. The molecule has 0 bridgehead atoms. The minimum Gasteiger partial charge on any atom is -0.368 e. The molecule has 122 valence electrons. The molecular formula is C19H19ClN4. The normalized spacial score (nSPS) is 15.8. The van der Waals surface area contributed by atoms with Crippen LogP contribution in [0, 0.1) is 0 Å². The summed E-state index contributed by atoms with van der Waals surface area (Å²) in [7, 11) is 0. The largest absolute Gasteiger partial charge is 0.368 e. The summed E-state index contributed by atoms with van der Waals surface area (Å²) in [6, 6.07) is 12.2. The summed E-state index contributed by atoms with van der Waals surface area (Å²) >= 11 is 6.09. The molecule has 2 aromatic heterocycles. The van der Waals surface area contributed by atoms with Gasteiger partial charge in [0, 0.05) is 67.4 Å². The van der Waals surface area contributed by atoms with E-state index in [1.807, 2.05) is 30.7 Å². The third-order valence-corrected chi connectivity index (χ3v) is 4.79. The molecule has 3 aromatic rings. The fourth-order valence-corrected chi connectivity index (χ4v) is 3.44. The number of piperazine rings is 1. The van der Waals surface area contributed by atoms with Gasteiger partial charge in [-0.25, -0.2) is 0 Å². The van der Waals surface area contributed by atoms with E-state index in [9.17, 15) is 0 Å². The molecule has 1 aromatic carbocycles. The summed E-state index contributed by atoms with van der Waals surface area (Å²) in [4.78, 5) is 13.5. The second-order valence-electron chi connectivity index (χ2n) is 6.11. The van der Waals surface area contributed by atoms with Gasteiger partial charge in [0.1, 0.15) is 0 Å². The topological polar surface area (TPSA) is 32.3 Å². The molecule has 0 radical (unpaired) electrons. The van der Waals surface area contributed by atoms with Crippen molar-refractivity contribution < 1.29 is 0 Å². The van der Waals surface area contributed by atoms with Crippen LogP contribution in [0.4, 0.5) is 5.69 Å². The number of pyridine rings is 2. The van der Waals surface area contributed by atoms with Crippen LogP contribution in [-0.2, 0) is 6.54 Å². The first-order valence-electron chi connectivity index (χ1n) is 8.20. The molecule has 1 aliphatic rings. The number of nitrogens with zero attached hydrogens (tertiary/aromatic N) is 4. The SMILES string of the molecule is Clc1ccc2c(N3CCN(Cc4ccncc4)CC3)ccnc2c1. The lowest BCUT2D eigenvalue weighted by molar-refractivity contribution is 0.250. The highest BCUT2D eigenvalue weighted by molar-refractivity contribution is 6.31. The van der Waals surface area contributed by atoms with Crippen LogP contribution < -0.4 is 4.90 Å². The number of fused-ring (bicyclic) bond motifs is 1. The summed E-state index contributed by atoms with van der Waals surface area (Å²) < 4.78 is 0. The Kier molecular flexibility index (Phi) is 4.32. The van der Waals surface area contributed by atoms with E-state index < -0.39 is 0 Å². The standard InChI is InChI=1S/C19H19ClN4/c20-16-1-2-17-18(13-16)22-8-5-19(17)24-11-9-23(10-12-24)14-15-3-6-21-7-4-15/h1-8,13H,9-12,14H2. The van der Waals surface area contributed by atoms with Crippen molar-refractivity contribution in [2.75, 3.05) is 31.1 Å². The van der Waals surface area contributed by atoms with E-state index in [0.717, 1.165) is 43.3 Å². The van der Waals surface area contributed by atoms with E-state index in [1.54, 1.807) is 0 Å². The lowest BCUT2D eigenvalue weighted by Gasteiger charge is -2.36. The Balaban J connectivity index is 1.48. The van der Waals surface area contributed by atoms with E-state index in [0.29, 0.717) is 0 Å². The van der Waals surface area contributed by atoms with Crippen molar-refractivity contribution in [2.24, 2.45) is 0 Å². The molecule has 0 amide bonds. The van der Waals surface area contributed by atoms with Gasteiger partial charge in [-0.2, -0.15) is 0 Å². The number of rotatable bonds is 3. The minimum absolute atomic E-state index is 0.731. The van der Waals surface area contributed by atoms with Crippen molar-refractivity contribution in [1.29, 1.82) is 0 Å². The summed E-state index contributed by atoms with van der Waals surface area (Å²) in [5.41, 5.74) is 3.53. The van der Waals surface area contributed by atoms with E-state index in [-0.39, 0.29) is 0 Å². The zero-order chi connectivity index (χ0) is 16.4. The fourth-order valence-electron chi connectivity index (χ4n) is 3.28. The molecule has 0 aliphatic carbocycles. The number of aromatic nitrogens is 2. The number of halogens is 1. The molecule has 1 fully saturated rings. The van der Waals surface area contributed by atoms with Gasteiger partial charge in [-0.15, -0.1) is 0 Å². The second kappa shape index (κ2) is 6.75. The van der Waals surface area contributed by atoms with Crippen LogP contribution in [0.3, 0.4) is 0 Å². The summed E-state index contributed by atoms with van der Waals surface area (Å²) in [6.45, 7) is 5.14. The number of anilines is 1. The van der Waals surface area contributed by atoms with Crippen LogP contribution in [0.25, 0.3) is 10.9 Å². The van der Waals surface area contributed by atoms with Crippen molar-refractivity contribution in [1.82, 2.24) is 14.9 Å². The van der Waals surface area contributed by atoms with Gasteiger partial charge in [0.15, 0.2) is 0 Å². The van der Waals surface area contributed by atoms with Gasteiger partial charge in [-0.05, 0) is 42.0 Å². The van der Waals surface area contributed by atoms with Gasteiger partial charge in [-0.1, -0.05) is 11.6 Å². The Morgan fingerprint density at radius 2 is 1.71 bits per heavy atom. The number of hydrogen-bond acceptors (Lipinski definition) is 4. The van der Waals surface area contributed by atoms with Crippen molar-refractivity contribution in [3.63, 3.8) is 0 Å². The third kappa shape index (κ3) is 3.21. The van der Waals surface area contributed by atoms with E-state index >= 15 is 0 Å². The zero-order valence-corrected chi connectivity index (χ0v) is 14.2. The van der Waals surface area contributed by atoms with Gasteiger partial charge in [0.2, 0.25) is 0 Å². The van der Waals surface area contributed by atoms with Crippen LogP contribution in [-0.4, -0.2) is 41.0 Å². The average Bonchev–Trinajstić information content (AvgIpc) is 2.62. The predicted molar refractivity (Wildman–Crippen MR) is 98.5 cm³/mol. The summed E-state index contributed by atoms with van der Waals surface area (Å²) in [6.07, 6.45) is 5.59. The summed E-state index contributed by atoms with van der Waals surface area (Å²) in [5.74, 6) is 0. The van der Waals surface area contributed by atoms with Crippen LogP contribution in [0.2, 0.25) is 5.02 Å². The molecular weight excluding hydrogens is 320 g/mol. The Morgan fingerprint density at radius 3 is 2.50 bits per heavy atom. The third-order valence-electron chi connectivity index (χ3n) is 4.55. The van der Waals surface area contributed by atoms with E-state index in [4.69, 9.17) is 11.6 Å².